The van der Waals surface area contributed by atoms with Gasteiger partial charge in [0.1, 0.15) is 12.2 Å². The molecule has 100 valence electrons. The summed E-state index contributed by atoms with van der Waals surface area (Å²) in [6.07, 6.45) is 3.36. The lowest BCUT2D eigenvalue weighted by molar-refractivity contribution is -0.175. The van der Waals surface area contributed by atoms with E-state index in [0.29, 0.717) is 11.8 Å². The number of rotatable bonds is 2. The van der Waals surface area contributed by atoms with Crippen LogP contribution in [0, 0.1) is 23.7 Å². The van der Waals surface area contributed by atoms with Gasteiger partial charge in [-0.2, -0.15) is 0 Å². The Kier molecular flexibility index (Phi) is 2.83. The third-order valence-electron chi connectivity index (χ3n) is 4.56. The third-order valence-corrected chi connectivity index (χ3v) is 4.56. The Balaban J connectivity index is 1.80. The zero-order valence-corrected chi connectivity index (χ0v) is 10.9. The minimum Gasteiger partial charge on any atom is -0.458 e. The summed E-state index contributed by atoms with van der Waals surface area (Å²) in [5.74, 6) is 0.570. The summed E-state index contributed by atoms with van der Waals surface area (Å²) >= 11 is 0. The molecule has 2 heterocycles. The van der Waals surface area contributed by atoms with Gasteiger partial charge >= 0.3 is 11.9 Å². The fourth-order valence-corrected chi connectivity index (χ4v) is 3.71. The molecule has 18 heavy (non-hydrogen) atoms. The van der Waals surface area contributed by atoms with E-state index in [4.69, 9.17) is 9.47 Å². The normalized spacial score (nSPS) is 41.7. The van der Waals surface area contributed by atoms with Gasteiger partial charge < -0.3 is 9.47 Å². The molecule has 0 aromatic heterocycles. The molecule has 2 saturated heterocycles. The number of esters is 2. The Morgan fingerprint density at radius 1 is 1.28 bits per heavy atom. The summed E-state index contributed by atoms with van der Waals surface area (Å²) in [5, 5.41) is 0. The first kappa shape index (κ1) is 12.0. The minimum atomic E-state index is -0.203. The van der Waals surface area contributed by atoms with Crippen molar-refractivity contribution in [1.29, 1.82) is 0 Å². The zero-order chi connectivity index (χ0) is 12.9. The summed E-state index contributed by atoms with van der Waals surface area (Å²) in [6.45, 7) is 3.66. The van der Waals surface area contributed by atoms with E-state index in [2.05, 4.69) is 0 Å². The highest BCUT2D eigenvalue weighted by Crippen LogP contribution is 2.48. The number of ether oxygens (including phenoxy) is 2. The van der Waals surface area contributed by atoms with E-state index in [1.54, 1.807) is 0 Å². The SMILES string of the molecule is CC(C)C(=O)OC1C2CC3CC(C2)C(=O)OC1C3. The van der Waals surface area contributed by atoms with Gasteiger partial charge in [0.15, 0.2) is 0 Å². The molecule has 4 bridgehead atoms. The van der Waals surface area contributed by atoms with Crippen molar-refractivity contribution >= 4 is 11.9 Å². The maximum Gasteiger partial charge on any atom is 0.309 e. The standard InChI is InChI=1S/C14H20O4/c1-7(2)13(15)18-12-9-3-8-4-10(6-9)14(16)17-11(12)5-8/h7-12H,3-6H2,1-2H3. The summed E-state index contributed by atoms with van der Waals surface area (Å²) in [4.78, 5) is 23.6. The van der Waals surface area contributed by atoms with E-state index in [1.807, 2.05) is 13.8 Å². The van der Waals surface area contributed by atoms with Gasteiger partial charge in [0, 0.05) is 5.92 Å². The van der Waals surface area contributed by atoms with E-state index in [0.717, 1.165) is 25.7 Å². The summed E-state index contributed by atoms with van der Waals surface area (Å²) in [7, 11) is 0. The monoisotopic (exact) mass is 252 g/mol. The molecule has 4 nitrogen and oxygen atoms in total. The van der Waals surface area contributed by atoms with Gasteiger partial charge in [-0.1, -0.05) is 13.8 Å². The molecule has 2 saturated carbocycles. The molecule has 2 aliphatic heterocycles. The van der Waals surface area contributed by atoms with Gasteiger partial charge in [-0.15, -0.1) is 0 Å². The molecule has 5 atom stereocenters. The van der Waals surface area contributed by atoms with Gasteiger partial charge in [0.05, 0.1) is 11.8 Å². The molecule has 4 fully saturated rings. The number of fused-ring (bicyclic) bond motifs is 1. The summed E-state index contributed by atoms with van der Waals surface area (Å²) in [6, 6.07) is 0. The predicted octanol–water partition coefficient (Wildman–Crippen LogP) is 1.92. The maximum absolute atomic E-state index is 11.9. The van der Waals surface area contributed by atoms with Crippen LogP contribution in [-0.2, 0) is 19.1 Å². The van der Waals surface area contributed by atoms with Gasteiger partial charge in [-0.25, -0.2) is 0 Å². The second kappa shape index (κ2) is 4.25. The Labute approximate surface area is 107 Å². The van der Waals surface area contributed by atoms with E-state index in [1.165, 1.54) is 0 Å². The number of hydrogen-bond donors (Lipinski definition) is 0. The number of carbonyl (C=O) groups excluding carboxylic acids is 2. The second-order valence-electron chi connectivity index (χ2n) is 6.30. The molecule has 0 aromatic rings. The van der Waals surface area contributed by atoms with Crippen LogP contribution in [0.2, 0.25) is 0 Å². The Morgan fingerprint density at radius 3 is 2.78 bits per heavy atom. The smallest absolute Gasteiger partial charge is 0.309 e. The highest BCUT2D eigenvalue weighted by atomic mass is 16.6. The Bertz CT molecular complexity index is 376. The van der Waals surface area contributed by atoms with Crippen molar-refractivity contribution in [2.24, 2.45) is 23.7 Å². The van der Waals surface area contributed by atoms with Crippen molar-refractivity contribution in [2.45, 2.75) is 51.7 Å². The molecule has 5 unspecified atom stereocenters. The van der Waals surface area contributed by atoms with Gasteiger partial charge in [-0.3, -0.25) is 9.59 Å². The maximum atomic E-state index is 11.9. The highest BCUT2D eigenvalue weighted by molar-refractivity contribution is 5.74. The van der Waals surface area contributed by atoms with Crippen LogP contribution in [0.1, 0.15) is 39.5 Å². The average molecular weight is 252 g/mol. The van der Waals surface area contributed by atoms with Gasteiger partial charge in [0.25, 0.3) is 0 Å². The second-order valence-corrected chi connectivity index (χ2v) is 6.30. The lowest BCUT2D eigenvalue weighted by Crippen LogP contribution is -2.45. The van der Waals surface area contributed by atoms with Crippen molar-refractivity contribution in [2.75, 3.05) is 0 Å². The van der Waals surface area contributed by atoms with Crippen molar-refractivity contribution in [1.82, 2.24) is 0 Å². The van der Waals surface area contributed by atoms with Gasteiger partial charge in [-0.05, 0) is 31.6 Å². The molecule has 0 aromatic carbocycles. The van der Waals surface area contributed by atoms with Crippen molar-refractivity contribution in [3.05, 3.63) is 0 Å². The minimum absolute atomic E-state index is 0.0431. The Hall–Kier alpha value is -1.06. The number of hydrogen-bond acceptors (Lipinski definition) is 4. The number of carbonyl (C=O) groups is 2. The van der Waals surface area contributed by atoms with Crippen molar-refractivity contribution < 1.29 is 19.1 Å². The lowest BCUT2D eigenvalue weighted by Gasteiger charge is -2.41. The van der Waals surface area contributed by atoms with E-state index in [9.17, 15) is 9.59 Å². The molecule has 4 heteroatoms. The first-order valence-corrected chi connectivity index (χ1v) is 6.95. The van der Waals surface area contributed by atoms with Crippen LogP contribution in [0.5, 0.6) is 0 Å². The Morgan fingerprint density at radius 2 is 2.06 bits per heavy atom. The lowest BCUT2D eigenvalue weighted by atomic mass is 9.67. The molecule has 4 aliphatic rings. The van der Waals surface area contributed by atoms with E-state index < -0.39 is 0 Å². The van der Waals surface area contributed by atoms with Crippen LogP contribution in [-0.4, -0.2) is 24.1 Å². The summed E-state index contributed by atoms with van der Waals surface area (Å²) < 4.78 is 11.1. The molecule has 0 N–H and O–H groups in total. The molecule has 0 spiro atoms. The molecule has 0 amide bonds. The predicted molar refractivity (Wildman–Crippen MR) is 63.5 cm³/mol. The fourth-order valence-electron chi connectivity index (χ4n) is 3.71. The molecule has 2 aliphatic carbocycles. The topological polar surface area (TPSA) is 52.6 Å². The van der Waals surface area contributed by atoms with Crippen LogP contribution in [0.3, 0.4) is 0 Å². The van der Waals surface area contributed by atoms with Crippen LogP contribution >= 0.6 is 0 Å². The molecule has 0 radical (unpaired) electrons. The van der Waals surface area contributed by atoms with Crippen LogP contribution in [0.25, 0.3) is 0 Å². The first-order chi connectivity index (χ1) is 8.54. The molecule has 4 rings (SSSR count). The van der Waals surface area contributed by atoms with Crippen LogP contribution in [0.15, 0.2) is 0 Å². The molecular weight excluding hydrogens is 232 g/mol. The van der Waals surface area contributed by atoms with Crippen LogP contribution < -0.4 is 0 Å². The fraction of sp³-hybridized carbons (Fsp3) is 0.857. The van der Waals surface area contributed by atoms with Crippen molar-refractivity contribution in [3.63, 3.8) is 0 Å². The van der Waals surface area contributed by atoms with Gasteiger partial charge in [0.2, 0.25) is 0 Å². The summed E-state index contributed by atoms with van der Waals surface area (Å²) in [5.41, 5.74) is 0. The highest BCUT2D eigenvalue weighted by Gasteiger charge is 2.51. The average Bonchev–Trinajstić information content (AvgIpc) is 2.47. The first-order valence-electron chi connectivity index (χ1n) is 6.95. The quantitative estimate of drug-likeness (QED) is 0.704. The van der Waals surface area contributed by atoms with E-state index in [-0.39, 0.29) is 36.0 Å². The largest absolute Gasteiger partial charge is 0.458 e. The molecular formula is C14H20O4. The van der Waals surface area contributed by atoms with E-state index >= 15 is 0 Å². The van der Waals surface area contributed by atoms with Crippen LogP contribution in [0.4, 0.5) is 0 Å². The zero-order valence-electron chi connectivity index (χ0n) is 10.9. The third kappa shape index (κ3) is 1.91. The van der Waals surface area contributed by atoms with Crippen molar-refractivity contribution in [3.8, 4) is 0 Å².